The second-order valence-electron chi connectivity index (χ2n) is 4.68. The van der Waals surface area contributed by atoms with Gasteiger partial charge in [0.2, 0.25) is 0 Å². The van der Waals surface area contributed by atoms with Gasteiger partial charge in [-0.25, -0.2) is 0 Å². The minimum Gasteiger partial charge on any atom is -0.497 e. The maximum atomic E-state index is 5.83. The molecule has 0 amide bonds. The number of morpholine rings is 1. The summed E-state index contributed by atoms with van der Waals surface area (Å²) in [6, 6.07) is 5.90. The third-order valence-corrected chi connectivity index (χ3v) is 3.59. The number of nitrogens with zero attached hydrogens (tertiary/aromatic N) is 1. The van der Waals surface area contributed by atoms with Crippen molar-refractivity contribution >= 4 is 0 Å². The zero-order chi connectivity index (χ0) is 13.8. The van der Waals surface area contributed by atoms with Crippen LogP contribution in [-0.4, -0.2) is 52.0 Å². The zero-order valence-electron chi connectivity index (χ0n) is 11.8. The Hall–Kier alpha value is -1.30. The molecule has 0 bridgehead atoms. The molecule has 1 fully saturated rings. The highest BCUT2D eigenvalue weighted by Gasteiger charge is 2.32. The minimum absolute atomic E-state index is 0.0280. The SMILES string of the molecule is COc1ccc(OC)c(C2C(CN)OCCN2C)c1. The number of benzene rings is 1. The van der Waals surface area contributed by atoms with Crippen molar-refractivity contribution in [2.75, 3.05) is 41.0 Å². The molecule has 5 heteroatoms. The van der Waals surface area contributed by atoms with Gasteiger partial charge in [0.05, 0.1) is 33.0 Å². The Morgan fingerprint density at radius 1 is 1.37 bits per heavy atom. The molecule has 1 heterocycles. The smallest absolute Gasteiger partial charge is 0.124 e. The maximum absolute atomic E-state index is 5.83. The fourth-order valence-corrected chi connectivity index (χ4v) is 2.57. The Morgan fingerprint density at radius 3 is 2.79 bits per heavy atom. The number of rotatable bonds is 4. The van der Waals surface area contributed by atoms with Crippen LogP contribution in [0.15, 0.2) is 18.2 Å². The maximum Gasteiger partial charge on any atom is 0.124 e. The second kappa shape index (κ2) is 6.23. The fourth-order valence-electron chi connectivity index (χ4n) is 2.57. The van der Waals surface area contributed by atoms with Crippen LogP contribution < -0.4 is 15.2 Å². The first-order valence-corrected chi connectivity index (χ1v) is 6.45. The first-order chi connectivity index (χ1) is 9.21. The molecule has 1 aromatic rings. The number of hydrogen-bond acceptors (Lipinski definition) is 5. The molecule has 5 nitrogen and oxygen atoms in total. The molecule has 19 heavy (non-hydrogen) atoms. The Labute approximate surface area is 114 Å². The van der Waals surface area contributed by atoms with Gasteiger partial charge in [-0.1, -0.05) is 0 Å². The van der Waals surface area contributed by atoms with Crippen molar-refractivity contribution in [3.63, 3.8) is 0 Å². The lowest BCUT2D eigenvalue weighted by Crippen LogP contribution is -2.46. The molecule has 106 valence electrons. The molecule has 0 radical (unpaired) electrons. The molecule has 0 spiro atoms. The van der Waals surface area contributed by atoms with Crippen LogP contribution in [0.2, 0.25) is 0 Å². The van der Waals surface area contributed by atoms with Gasteiger partial charge in [0.25, 0.3) is 0 Å². The number of nitrogens with two attached hydrogens (primary N) is 1. The Kier molecular flexibility index (Phi) is 4.63. The lowest BCUT2D eigenvalue weighted by Gasteiger charge is -2.39. The highest BCUT2D eigenvalue weighted by atomic mass is 16.5. The Bertz CT molecular complexity index is 425. The molecule has 1 saturated heterocycles. The van der Waals surface area contributed by atoms with E-state index in [1.807, 2.05) is 18.2 Å². The molecule has 1 aliphatic rings. The number of ether oxygens (including phenoxy) is 3. The largest absolute Gasteiger partial charge is 0.497 e. The van der Waals surface area contributed by atoms with Crippen molar-refractivity contribution in [2.45, 2.75) is 12.1 Å². The van der Waals surface area contributed by atoms with Gasteiger partial charge in [0.15, 0.2) is 0 Å². The van der Waals surface area contributed by atoms with E-state index in [0.717, 1.165) is 23.6 Å². The topological polar surface area (TPSA) is 57.0 Å². The standard InChI is InChI=1S/C14H22N2O3/c1-16-6-7-19-13(9-15)14(16)11-8-10(17-2)4-5-12(11)18-3/h4-5,8,13-14H,6-7,9,15H2,1-3H3. The van der Waals surface area contributed by atoms with Crippen LogP contribution in [-0.2, 0) is 4.74 Å². The van der Waals surface area contributed by atoms with Crippen molar-refractivity contribution in [1.29, 1.82) is 0 Å². The fraction of sp³-hybridized carbons (Fsp3) is 0.571. The van der Waals surface area contributed by atoms with Crippen molar-refractivity contribution in [1.82, 2.24) is 4.90 Å². The van der Waals surface area contributed by atoms with Gasteiger partial charge in [-0.2, -0.15) is 0 Å². The van der Waals surface area contributed by atoms with Gasteiger partial charge in [0.1, 0.15) is 11.5 Å². The van der Waals surface area contributed by atoms with Gasteiger partial charge in [-0.3, -0.25) is 4.90 Å². The van der Waals surface area contributed by atoms with Gasteiger partial charge in [-0.05, 0) is 25.2 Å². The number of hydrogen-bond donors (Lipinski definition) is 1. The summed E-state index contributed by atoms with van der Waals surface area (Å²) in [6.07, 6.45) is -0.0280. The summed E-state index contributed by atoms with van der Waals surface area (Å²) in [5.41, 5.74) is 6.89. The van der Waals surface area contributed by atoms with Crippen LogP contribution in [0.3, 0.4) is 0 Å². The highest BCUT2D eigenvalue weighted by Crippen LogP contribution is 2.36. The molecule has 0 aliphatic carbocycles. The summed E-state index contributed by atoms with van der Waals surface area (Å²) >= 11 is 0. The predicted octanol–water partition coefficient (Wildman–Crippen LogP) is 1.03. The molecule has 2 N–H and O–H groups in total. The Balaban J connectivity index is 2.41. The van der Waals surface area contributed by atoms with Crippen LogP contribution in [0.5, 0.6) is 11.5 Å². The molecular formula is C14H22N2O3. The summed E-state index contributed by atoms with van der Waals surface area (Å²) in [4.78, 5) is 2.25. The first kappa shape index (κ1) is 14.1. The lowest BCUT2D eigenvalue weighted by molar-refractivity contribution is -0.0582. The van der Waals surface area contributed by atoms with Crippen LogP contribution in [0, 0.1) is 0 Å². The van der Waals surface area contributed by atoms with Gasteiger partial charge < -0.3 is 19.9 Å². The van der Waals surface area contributed by atoms with E-state index in [-0.39, 0.29) is 12.1 Å². The van der Waals surface area contributed by atoms with E-state index in [9.17, 15) is 0 Å². The molecule has 0 aromatic heterocycles. The third kappa shape index (κ3) is 2.83. The van der Waals surface area contributed by atoms with Crippen LogP contribution in [0.4, 0.5) is 0 Å². The van der Waals surface area contributed by atoms with Crippen LogP contribution in [0.25, 0.3) is 0 Å². The summed E-state index contributed by atoms with van der Waals surface area (Å²) in [7, 11) is 5.41. The quantitative estimate of drug-likeness (QED) is 0.882. The summed E-state index contributed by atoms with van der Waals surface area (Å²) in [5, 5.41) is 0. The highest BCUT2D eigenvalue weighted by molar-refractivity contribution is 5.43. The van der Waals surface area contributed by atoms with Gasteiger partial charge in [-0.15, -0.1) is 0 Å². The zero-order valence-corrected chi connectivity index (χ0v) is 11.8. The van der Waals surface area contributed by atoms with Crippen molar-refractivity contribution in [3.8, 4) is 11.5 Å². The summed E-state index contributed by atoms with van der Waals surface area (Å²) in [6.45, 7) is 2.07. The molecular weight excluding hydrogens is 244 g/mol. The van der Waals surface area contributed by atoms with E-state index in [0.29, 0.717) is 13.2 Å². The summed E-state index contributed by atoms with van der Waals surface area (Å²) in [5.74, 6) is 1.65. The molecule has 1 aliphatic heterocycles. The van der Waals surface area contributed by atoms with Crippen molar-refractivity contribution in [3.05, 3.63) is 23.8 Å². The van der Waals surface area contributed by atoms with E-state index in [4.69, 9.17) is 19.9 Å². The van der Waals surface area contributed by atoms with Gasteiger partial charge in [0, 0.05) is 18.7 Å². The average molecular weight is 266 g/mol. The number of likely N-dealkylation sites (N-methyl/N-ethyl adjacent to an activating group) is 1. The van der Waals surface area contributed by atoms with Crippen LogP contribution >= 0.6 is 0 Å². The molecule has 2 atom stereocenters. The first-order valence-electron chi connectivity index (χ1n) is 6.45. The second-order valence-corrected chi connectivity index (χ2v) is 4.68. The van der Waals surface area contributed by atoms with E-state index in [1.54, 1.807) is 14.2 Å². The normalized spacial score (nSPS) is 24.2. The van der Waals surface area contributed by atoms with E-state index >= 15 is 0 Å². The van der Waals surface area contributed by atoms with E-state index in [1.165, 1.54) is 0 Å². The predicted molar refractivity (Wildman–Crippen MR) is 73.7 cm³/mol. The van der Waals surface area contributed by atoms with Crippen LogP contribution in [0.1, 0.15) is 11.6 Å². The molecule has 0 saturated carbocycles. The third-order valence-electron chi connectivity index (χ3n) is 3.59. The lowest BCUT2D eigenvalue weighted by atomic mass is 9.97. The molecule has 2 rings (SSSR count). The average Bonchev–Trinajstić information content (AvgIpc) is 2.46. The minimum atomic E-state index is -0.0280. The molecule has 2 unspecified atom stereocenters. The van der Waals surface area contributed by atoms with Crippen molar-refractivity contribution in [2.24, 2.45) is 5.73 Å². The molecule has 1 aromatic carbocycles. The Morgan fingerprint density at radius 2 is 2.16 bits per heavy atom. The van der Waals surface area contributed by atoms with E-state index in [2.05, 4.69) is 11.9 Å². The monoisotopic (exact) mass is 266 g/mol. The summed E-state index contributed by atoms with van der Waals surface area (Å²) < 4.78 is 16.5. The number of methoxy groups -OCH3 is 2. The van der Waals surface area contributed by atoms with Gasteiger partial charge >= 0.3 is 0 Å². The van der Waals surface area contributed by atoms with Crippen molar-refractivity contribution < 1.29 is 14.2 Å². The van der Waals surface area contributed by atoms with E-state index < -0.39 is 0 Å².